The van der Waals surface area contributed by atoms with Gasteiger partial charge in [0.25, 0.3) is 0 Å². The number of hydrogen-bond donors (Lipinski definition) is 2. The summed E-state index contributed by atoms with van der Waals surface area (Å²) in [5.41, 5.74) is 3.82. The predicted molar refractivity (Wildman–Crippen MR) is 97.2 cm³/mol. The van der Waals surface area contributed by atoms with Crippen LogP contribution < -0.4 is 0 Å². The zero-order chi connectivity index (χ0) is 17.7. The molecule has 2 N–H and O–H groups in total. The molecule has 3 heteroatoms. The number of allylic oxidation sites excluding steroid dienone is 5. The normalized spacial score (nSPS) is 20.2. The van der Waals surface area contributed by atoms with E-state index in [-0.39, 0.29) is 23.3 Å². The summed E-state index contributed by atoms with van der Waals surface area (Å²) in [7, 11) is 0. The minimum absolute atomic E-state index is 0.114. The molecule has 2 rings (SSSR count). The Morgan fingerprint density at radius 1 is 1.33 bits per heavy atom. The fraction of sp³-hybridized carbons (Fsp3) is 0.381. The maximum atomic E-state index is 11.2. The standard InChI is InChI=1S/C21H26O3/c1-14(2)5-4-6-15(3)18-9-7-16(13-22)11-19(18)20-12-17(23)8-10-21(20)24/h5,8,10-13,18-19,23-24H,3-4,6-7,9H2,1-2H3. The Morgan fingerprint density at radius 3 is 2.75 bits per heavy atom. The van der Waals surface area contributed by atoms with Gasteiger partial charge < -0.3 is 10.2 Å². The lowest BCUT2D eigenvalue weighted by molar-refractivity contribution is -0.105. The monoisotopic (exact) mass is 326 g/mol. The highest BCUT2D eigenvalue weighted by atomic mass is 16.3. The van der Waals surface area contributed by atoms with Crippen LogP contribution in [0.4, 0.5) is 0 Å². The van der Waals surface area contributed by atoms with Gasteiger partial charge in [0.05, 0.1) is 0 Å². The lowest BCUT2D eigenvalue weighted by Gasteiger charge is -2.31. The second-order valence-corrected chi connectivity index (χ2v) is 6.75. The van der Waals surface area contributed by atoms with Crippen molar-refractivity contribution in [3.05, 3.63) is 59.2 Å². The van der Waals surface area contributed by atoms with Gasteiger partial charge in [-0.1, -0.05) is 29.9 Å². The van der Waals surface area contributed by atoms with Crippen molar-refractivity contribution in [1.29, 1.82) is 0 Å². The van der Waals surface area contributed by atoms with Crippen LogP contribution in [0, 0.1) is 5.92 Å². The van der Waals surface area contributed by atoms with Crippen molar-refractivity contribution >= 4 is 6.29 Å². The third kappa shape index (κ3) is 4.38. The highest BCUT2D eigenvalue weighted by Crippen LogP contribution is 2.44. The highest BCUT2D eigenvalue weighted by Gasteiger charge is 2.29. The second kappa shape index (κ2) is 8.00. The largest absolute Gasteiger partial charge is 0.508 e. The van der Waals surface area contributed by atoms with E-state index in [4.69, 9.17) is 0 Å². The topological polar surface area (TPSA) is 57.5 Å². The van der Waals surface area contributed by atoms with Crippen molar-refractivity contribution in [1.82, 2.24) is 0 Å². The van der Waals surface area contributed by atoms with Gasteiger partial charge in [-0.3, -0.25) is 4.79 Å². The van der Waals surface area contributed by atoms with Crippen molar-refractivity contribution in [3.8, 4) is 11.5 Å². The van der Waals surface area contributed by atoms with Crippen LogP contribution in [0.2, 0.25) is 0 Å². The molecular weight excluding hydrogens is 300 g/mol. The zero-order valence-corrected chi connectivity index (χ0v) is 14.5. The van der Waals surface area contributed by atoms with E-state index in [1.165, 1.54) is 17.7 Å². The van der Waals surface area contributed by atoms with E-state index in [1.807, 2.05) is 6.08 Å². The molecule has 0 amide bonds. The number of aldehydes is 1. The third-order valence-corrected chi connectivity index (χ3v) is 4.64. The maximum absolute atomic E-state index is 11.2. The van der Waals surface area contributed by atoms with Crippen LogP contribution >= 0.6 is 0 Å². The molecule has 0 saturated carbocycles. The van der Waals surface area contributed by atoms with Crippen LogP contribution in [0.25, 0.3) is 0 Å². The van der Waals surface area contributed by atoms with Gasteiger partial charge in [-0.15, -0.1) is 0 Å². The van der Waals surface area contributed by atoms with E-state index in [0.717, 1.165) is 43.1 Å². The van der Waals surface area contributed by atoms with Crippen LogP contribution in [0.5, 0.6) is 11.5 Å². The van der Waals surface area contributed by atoms with Gasteiger partial charge in [0.15, 0.2) is 0 Å². The van der Waals surface area contributed by atoms with Gasteiger partial charge in [0, 0.05) is 11.5 Å². The molecule has 128 valence electrons. The molecule has 1 aliphatic rings. The summed E-state index contributed by atoms with van der Waals surface area (Å²) in [5.74, 6) is 0.281. The molecule has 0 spiro atoms. The lowest BCUT2D eigenvalue weighted by Crippen LogP contribution is -2.19. The predicted octanol–water partition coefficient (Wildman–Crippen LogP) is 5.02. The SMILES string of the molecule is C=C(CCC=C(C)C)C1CCC(C=O)=CC1c1cc(O)ccc1O. The summed E-state index contributed by atoms with van der Waals surface area (Å²) < 4.78 is 0. The van der Waals surface area contributed by atoms with Gasteiger partial charge in [0.1, 0.15) is 17.8 Å². The van der Waals surface area contributed by atoms with E-state index >= 15 is 0 Å². The van der Waals surface area contributed by atoms with Crippen LogP contribution in [0.15, 0.2) is 53.6 Å². The first-order chi connectivity index (χ1) is 11.4. The van der Waals surface area contributed by atoms with Gasteiger partial charge in [0.2, 0.25) is 0 Å². The quantitative estimate of drug-likeness (QED) is 0.438. The summed E-state index contributed by atoms with van der Waals surface area (Å²) in [5, 5.41) is 20.0. The molecule has 1 aromatic carbocycles. The van der Waals surface area contributed by atoms with Crippen molar-refractivity contribution in [2.75, 3.05) is 0 Å². The van der Waals surface area contributed by atoms with E-state index in [2.05, 4.69) is 26.5 Å². The number of carbonyl (C=O) groups excluding carboxylic acids is 1. The number of phenols is 2. The first-order valence-electron chi connectivity index (χ1n) is 8.41. The average Bonchev–Trinajstić information content (AvgIpc) is 2.56. The van der Waals surface area contributed by atoms with E-state index in [0.29, 0.717) is 5.56 Å². The molecule has 1 aromatic rings. The first-order valence-corrected chi connectivity index (χ1v) is 8.41. The number of aromatic hydroxyl groups is 2. The molecule has 0 radical (unpaired) electrons. The molecular formula is C21H26O3. The van der Waals surface area contributed by atoms with Crippen molar-refractivity contribution in [2.45, 2.75) is 45.4 Å². The Morgan fingerprint density at radius 2 is 2.08 bits per heavy atom. The Hall–Kier alpha value is -2.29. The zero-order valence-electron chi connectivity index (χ0n) is 14.5. The van der Waals surface area contributed by atoms with Gasteiger partial charge >= 0.3 is 0 Å². The third-order valence-electron chi connectivity index (χ3n) is 4.64. The Balaban J connectivity index is 2.30. The van der Waals surface area contributed by atoms with Crippen LogP contribution in [0.3, 0.4) is 0 Å². The smallest absolute Gasteiger partial charge is 0.145 e. The van der Waals surface area contributed by atoms with Gasteiger partial charge in [-0.25, -0.2) is 0 Å². The second-order valence-electron chi connectivity index (χ2n) is 6.75. The number of benzene rings is 1. The Labute approximate surface area is 144 Å². The van der Waals surface area contributed by atoms with E-state index in [1.54, 1.807) is 6.07 Å². The van der Waals surface area contributed by atoms with E-state index < -0.39 is 0 Å². The molecule has 3 nitrogen and oxygen atoms in total. The van der Waals surface area contributed by atoms with Crippen molar-refractivity contribution in [3.63, 3.8) is 0 Å². The summed E-state index contributed by atoms with van der Waals surface area (Å²) in [6, 6.07) is 4.54. The summed E-state index contributed by atoms with van der Waals surface area (Å²) >= 11 is 0. The fourth-order valence-corrected chi connectivity index (χ4v) is 3.34. The maximum Gasteiger partial charge on any atom is 0.145 e. The van der Waals surface area contributed by atoms with Gasteiger partial charge in [-0.05, 0) is 69.2 Å². The van der Waals surface area contributed by atoms with Crippen molar-refractivity contribution in [2.24, 2.45) is 5.92 Å². The summed E-state index contributed by atoms with van der Waals surface area (Å²) in [6.45, 7) is 8.42. The molecule has 0 bridgehead atoms. The molecule has 0 heterocycles. The summed E-state index contributed by atoms with van der Waals surface area (Å²) in [6.07, 6.45) is 8.39. The fourth-order valence-electron chi connectivity index (χ4n) is 3.34. The lowest BCUT2D eigenvalue weighted by atomic mass is 9.72. The highest BCUT2D eigenvalue weighted by molar-refractivity contribution is 5.74. The minimum Gasteiger partial charge on any atom is -0.508 e. The number of hydrogen-bond acceptors (Lipinski definition) is 3. The number of carbonyl (C=O) groups is 1. The van der Waals surface area contributed by atoms with Crippen molar-refractivity contribution < 1.29 is 15.0 Å². The Kier molecular flexibility index (Phi) is 6.02. The Bertz CT molecular complexity index is 678. The van der Waals surface area contributed by atoms with Crippen LogP contribution in [-0.2, 0) is 4.79 Å². The number of rotatable bonds is 6. The molecule has 2 atom stereocenters. The van der Waals surface area contributed by atoms with Crippen LogP contribution in [-0.4, -0.2) is 16.5 Å². The molecule has 0 aromatic heterocycles. The van der Waals surface area contributed by atoms with Crippen LogP contribution in [0.1, 0.15) is 51.0 Å². The molecule has 0 saturated heterocycles. The molecule has 0 fully saturated rings. The average molecular weight is 326 g/mol. The molecule has 24 heavy (non-hydrogen) atoms. The first kappa shape index (κ1) is 18.1. The summed E-state index contributed by atoms with van der Waals surface area (Å²) in [4.78, 5) is 11.2. The molecule has 1 aliphatic carbocycles. The van der Waals surface area contributed by atoms with E-state index in [9.17, 15) is 15.0 Å². The molecule has 2 unspecified atom stereocenters. The minimum atomic E-state index is -0.134. The van der Waals surface area contributed by atoms with Gasteiger partial charge in [-0.2, -0.15) is 0 Å². The number of phenolic OH excluding ortho intramolecular Hbond substituents is 2. The molecule has 0 aliphatic heterocycles.